The molecule has 0 radical (unpaired) electrons. The van der Waals surface area contributed by atoms with Crippen molar-refractivity contribution in [2.45, 2.75) is 13.0 Å². The van der Waals surface area contributed by atoms with E-state index >= 15 is 0 Å². The summed E-state index contributed by atoms with van der Waals surface area (Å²) in [5.74, 6) is -2.66. The first kappa shape index (κ1) is 19.5. The Kier molecular flexibility index (Phi) is 6.80. The molecule has 0 saturated carbocycles. The summed E-state index contributed by atoms with van der Waals surface area (Å²) < 4.78 is 26.4. The zero-order valence-electron chi connectivity index (χ0n) is 14.7. The maximum absolute atomic E-state index is 13.5. The monoisotopic (exact) mass is 361 g/mol. The predicted molar refractivity (Wildman–Crippen MR) is 95.8 cm³/mol. The molecular weight excluding hydrogens is 340 g/mol. The highest BCUT2D eigenvalue weighted by atomic mass is 19.1. The third-order valence-corrected chi connectivity index (χ3v) is 3.52. The van der Waals surface area contributed by atoms with Crippen molar-refractivity contribution in [3.05, 3.63) is 65.2 Å². The number of carbonyl (C=O) groups is 2. The number of halogens is 2. The van der Waals surface area contributed by atoms with E-state index < -0.39 is 17.5 Å². The van der Waals surface area contributed by atoms with E-state index in [0.717, 1.165) is 24.2 Å². The van der Waals surface area contributed by atoms with Gasteiger partial charge in [0.25, 0.3) is 5.91 Å². The van der Waals surface area contributed by atoms with Crippen LogP contribution in [0.2, 0.25) is 0 Å². The fourth-order valence-electron chi connectivity index (χ4n) is 2.39. The third-order valence-electron chi connectivity index (χ3n) is 3.52. The van der Waals surface area contributed by atoms with Crippen LogP contribution < -0.4 is 10.6 Å². The van der Waals surface area contributed by atoms with Crippen molar-refractivity contribution in [1.29, 1.82) is 0 Å². The standard InChI is InChI=1S/C19H21F2N3O2/c1-24(2)12-13-4-3-5-15(10-13)23-18(25)8-9-22-19(26)16-7-6-14(20)11-17(16)21/h3-7,10-11H,8-9,12H2,1-2H3,(H,22,26)(H,23,25). The van der Waals surface area contributed by atoms with Crippen LogP contribution in [0, 0.1) is 11.6 Å². The van der Waals surface area contributed by atoms with Crippen molar-refractivity contribution in [2.75, 3.05) is 26.0 Å². The van der Waals surface area contributed by atoms with E-state index in [-0.39, 0.29) is 24.4 Å². The van der Waals surface area contributed by atoms with Crippen LogP contribution in [0.3, 0.4) is 0 Å². The summed E-state index contributed by atoms with van der Waals surface area (Å²) >= 11 is 0. The Morgan fingerprint density at radius 1 is 1.08 bits per heavy atom. The predicted octanol–water partition coefficient (Wildman–Crippen LogP) is 2.79. The number of rotatable bonds is 7. The first-order valence-electron chi connectivity index (χ1n) is 8.12. The summed E-state index contributed by atoms with van der Waals surface area (Å²) in [7, 11) is 3.91. The Balaban J connectivity index is 1.82. The molecule has 5 nitrogen and oxygen atoms in total. The molecule has 0 atom stereocenters. The highest BCUT2D eigenvalue weighted by Gasteiger charge is 2.12. The van der Waals surface area contributed by atoms with E-state index in [0.29, 0.717) is 11.8 Å². The molecule has 2 aromatic carbocycles. The van der Waals surface area contributed by atoms with Gasteiger partial charge in [0.2, 0.25) is 5.91 Å². The van der Waals surface area contributed by atoms with Gasteiger partial charge < -0.3 is 15.5 Å². The van der Waals surface area contributed by atoms with Crippen molar-refractivity contribution in [3.63, 3.8) is 0 Å². The van der Waals surface area contributed by atoms with Gasteiger partial charge in [-0.3, -0.25) is 9.59 Å². The van der Waals surface area contributed by atoms with Gasteiger partial charge in [0.15, 0.2) is 0 Å². The van der Waals surface area contributed by atoms with Crippen LogP contribution in [-0.2, 0) is 11.3 Å². The van der Waals surface area contributed by atoms with Crippen LogP contribution in [-0.4, -0.2) is 37.4 Å². The number of anilines is 1. The largest absolute Gasteiger partial charge is 0.351 e. The number of hydrogen-bond donors (Lipinski definition) is 2. The fourth-order valence-corrected chi connectivity index (χ4v) is 2.39. The minimum atomic E-state index is -0.940. The lowest BCUT2D eigenvalue weighted by atomic mass is 10.2. The average molecular weight is 361 g/mol. The number of hydrogen-bond acceptors (Lipinski definition) is 3. The number of nitrogens with one attached hydrogen (secondary N) is 2. The van der Waals surface area contributed by atoms with Gasteiger partial charge in [-0.15, -0.1) is 0 Å². The number of nitrogens with zero attached hydrogens (tertiary/aromatic N) is 1. The SMILES string of the molecule is CN(C)Cc1cccc(NC(=O)CCNC(=O)c2ccc(F)cc2F)c1. The lowest BCUT2D eigenvalue weighted by molar-refractivity contribution is -0.116. The van der Waals surface area contributed by atoms with E-state index in [2.05, 4.69) is 10.6 Å². The van der Waals surface area contributed by atoms with Gasteiger partial charge in [0.1, 0.15) is 11.6 Å². The van der Waals surface area contributed by atoms with E-state index in [1.807, 2.05) is 37.2 Å². The molecule has 2 rings (SSSR count). The van der Waals surface area contributed by atoms with Crippen LogP contribution >= 0.6 is 0 Å². The minimum Gasteiger partial charge on any atom is -0.351 e. The molecule has 0 heterocycles. The van der Waals surface area contributed by atoms with Gasteiger partial charge >= 0.3 is 0 Å². The average Bonchev–Trinajstić information content (AvgIpc) is 2.54. The topological polar surface area (TPSA) is 61.4 Å². The molecular formula is C19H21F2N3O2. The van der Waals surface area contributed by atoms with E-state index in [9.17, 15) is 18.4 Å². The smallest absolute Gasteiger partial charge is 0.254 e. The Labute approximate surface area is 151 Å². The molecule has 0 aliphatic carbocycles. The summed E-state index contributed by atoms with van der Waals surface area (Å²) in [6.07, 6.45) is 0.0342. The molecule has 0 aliphatic rings. The van der Waals surface area contributed by atoms with Crippen molar-refractivity contribution in [2.24, 2.45) is 0 Å². The summed E-state index contributed by atoms with van der Waals surface area (Å²) in [6.45, 7) is 0.794. The van der Waals surface area contributed by atoms with Crippen LogP contribution in [0.5, 0.6) is 0 Å². The molecule has 0 aliphatic heterocycles. The normalized spacial score (nSPS) is 10.7. The molecule has 0 fully saturated rings. The molecule has 0 aromatic heterocycles. The molecule has 0 spiro atoms. The van der Waals surface area contributed by atoms with Gasteiger partial charge in [0, 0.05) is 31.3 Å². The first-order chi connectivity index (χ1) is 12.3. The number of amides is 2. The Bertz CT molecular complexity index is 794. The molecule has 2 aromatic rings. The van der Waals surface area contributed by atoms with Crippen molar-refractivity contribution < 1.29 is 18.4 Å². The summed E-state index contributed by atoms with van der Waals surface area (Å²) in [4.78, 5) is 25.9. The summed E-state index contributed by atoms with van der Waals surface area (Å²) in [5.41, 5.74) is 1.47. The zero-order chi connectivity index (χ0) is 19.1. The van der Waals surface area contributed by atoms with Gasteiger partial charge in [-0.1, -0.05) is 12.1 Å². The molecule has 0 unspecified atom stereocenters. The molecule has 0 saturated heterocycles. The molecule has 0 bridgehead atoms. The molecule has 138 valence electrons. The summed E-state index contributed by atoms with van der Waals surface area (Å²) in [6, 6.07) is 10.2. The van der Waals surface area contributed by atoms with Crippen LogP contribution in [0.15, 0.2) is 42.5 Å². The lowest BCUT2D eigenvalue weighted by Crippen LogP contribution is -2.28. The van der Waals surface area contributed by atoms with Gasteiger partial charge in [0.05, 0.1) is 5.56 Å². The highest BCUT2D eigenvalue weighted by molar-refractivity contribution is 5.95. The second kappa shape index (κ2) is 9.05. The second-order valence-corrected chi connectivity index (χ2v) is 6.12. The zero-order valence-corrected chi connectivity index (χ0v) is 14.7. The van der Waals surface area contributed by atoms with Crippen molar-refractivity contribution >= 4 is 17.5 Å². The van der Waals surface area contributed by atoms with Crippen LogP contribution in [0.4, 0.5) is 14.5 Å². The number of carbonyl (C=O) groups excluding carboxylic acids is 2. The lowest BCUT2D eigenvalue weighted by Gasteiger charge is -2.11. The highest BCUT2D eigenvalue weighted by Crippen LogP contribution is 2.12. The maximum Gasteiger partial charge on any atom is 0.254 e. The fraction of sp³-hybridized carbons (Fsp3) is 0.263. The molecule has 2 N–H and O–H groups in total. The minimum absolute atomic E-state index is 0.0342. The van der Waals surface area contributed by atoms with Gasteiger partial charge in [-0.2, -0.15) is 0 Å². The van der Waals surface area contributed by atoms with Crippen molar-refractivity contribution in [1.82, 2.24) is 10.2 Å². The van der Waals surface area contributed by atoms with Gasteiger partial charge in [-0.05, 0) is 43.9 Å². The van der Waals surface area contributed by atoms with E-state index in [4.69, 9.17) is 0 Å². The van der Waals surface area contributed by atoms with Crippen molar-refractivity contribution in [3.8, 4) is 0 Å². The Morgan fingerprint density at radius 3 is 2.54 bits per heavy atom. The second-order valence-electron chi connectivity index (χ2n) is 6.12. The third kappa shape index (κ3) is 5.93. The summed E-state index contributed by atoms with van der Waals surface area (Å²) in [5, 5.41) is 5.20. The molecule has 2 amide bonds. The quantitative estimate of drug-likeness (QED) is 0.797. The molecule has 7 heteroatoms. The van der Waals surface area contributed by atoms with Gasteiger partial charge in [-0.25, -0.2) is 8.78 Å². The van der Waals surface area contributed by atoms with E-state index in [1.165, 1.54) is 0 Å². The van der Waals surface area contributed by atoms with E-state index in [1.54, 1.807) is 6.07 Å². The molecule has 26 heavy (non-hydrogen) atoms. The first-order valence-corrected chi connectivity index (χ1v) is 8.12. The Morgan fingerprint density at radius 2 is 1.85 bits per heavy atom. The van der Waals surface area contributed by atoms with Crippen LogP contribution in [0.25, 0.3) is 0 Å². The number of benzene rings is 2. The maximum atomic E-state index is 13.5. The Hall–Kier alpha value is -2.80. The van der Waals surface area contributed by atoms with Crippen LogP contribution in [0.1, 0.15) is 22.3 Å².